The lowest BCUT2D eigenvalue weighted by molar-refractivity contribution is 0.171. The van der Waals surface area contributed by atoms with Crippen molar-refractivity contribution in [2.24, 2.45) is 5.92 Å². The molecule has 1 aromatic carbocycles. The largest absolute Gasteiger partial charge is 0.391 e. The third-order valence-corrected chi connectivity index (χ3v) is 3.14. The lowest BCUT2D eigenvalue weighted by atomic mass is 10.1. The molecular formula is C13H19Cl2NO. The normalized spacial score (nSPS) is 13.1. The Morgan fingerprint density at radius 2 is 1.76 bits per heavy atom. The molecule has 2 N–H and O–H groups in total. The van der Waals surface area contributed by atoms with E-state index in [0.29, 0.717) is 28.9 Å². The van der Waals surface area contributed by atoms with Crippen LogP contribution in [0, 0.1) is 5.92 Å². The second-order valence-electron chi connectivity index (χ2n) is 4.61. The molecule has 0 fully saturated rings. The molecule has 0 heterocycles. The molecule has 17 heavy (non-hydrogen) atoms. The van der Waals surface area contributed by atoms with E-state index in [2.05, 4.69) is 19.2 Å². The van der Waals surface area contributed by atoms with Gasteiger partial charge in [-0.05, 0) is 30.2 Å². The standard InChI is InChI=1S/C13H19Cl2NO/c1-9(2)7-16-8-10(17)6-11-12(14)4-3-5-13(11)15/h3-5,9-10,16-17H,6-8H2,1-2H3. The summed E-state index contributed by atoms with van der Waals surface area (Å²) in [5.41, 5.74) is 0.815. The summed E-state index contributed by atoms with van der Waals surface area (Å²) in [6, 6.07) is 5.38. The summed E-state index contributed by atoms with van der Waals surface area (Å²) in [6.07, 6.45) is 0.00927. The number of rotatable bonds is 6. The molecule has 1 unspecified atom stereocenters. The average molecular weight is 276 g/mol. The van der Waals surface area contributed by atoms with Crippen LogP contribution < -0.4 is 5.32 Å². The van der Waals surface area contributed by atoms with E-state index < -0.39 is 6.10 Å². The highest BCUT2D eigenvalue weighted by Crippen LogP contribution is 2.25. The van der Waals surface area contributed by atoms with Crippen LogP contribution in [-0.2, 0) is 6.42 Å². The van der Waals surface area contributed by atoms with Crippen LogP contribution >= 0.6 is 23.2 Å². The fraction of sp³-hybridized carbons (Fsp3) is 0.538. The van der Waals surface area contributed by atoms with E-state index >= 15 is 0 Å². The Bertz CT molecular complexity index is 335. The highest BCUT2D eigenvalue weighted by molar-refractivity contribution is 6.35. The zero-order chi connectivity index (χ0) is 12.8. The van der Waals surface area contributed by atoms with Crippen LogP contribution in [0.1, 0.15) is 19.4 Å². The summed E-state index contributed by atoms with van der Waals surface area (Å²) in [5, 5.41) is 14.3. The third kappa shape index (κ3) is 5.26. The minimum Gasteiger partial charge on any atom is -0.391 e. The monoisotopic (exact) mass is 275 g/mol. The molecule has 0 amide bonds. The number of hydrogen-bond donors (Lipinski definition) is 2. The molecule has 0 aliphatic heterocycles. The van der Waals surface area contributed by atoms with E-state index in [0.717, 1.165) is 12.1 Å². The van der Waals surface area contributed by atoms with Gasteiger partial charge >= 0.3 is 0 Å². The van der Waals surface area contributed by atoms with Crippen molar-refractivity contribution in [1.29, 1.82) is 0 Å². The molecule has 0 saturated heterocycles. The van der Waals surface area contributed by atoms with Crippen LogP contribution in [0.25, 0.3) is 0 Å². The number of halogens is 2. The Balaban J connectivity index is 2.47. The van der Waals surface area contributed by atoms with Gasteiger partial charge in [0.15, 0.2) is 0 Å². The Kier molecular flexibility index (Phi) is 6.28. The van der Waals surface area contributed by atoms with Gasteiger partial charge in [0.25, 0.3) is 0 Å². The first-order valence-corrected chi connectivity index (χ1v) is 6.58. The topological polar surface area (TPSA) is 32.3 Å². The van der Waals surface area contributed by atoms with E-state index in [9.17, 15) is 5.11 Å². The first-order valence-electron chi connectivity index (χ1n) is 5.82. The molecule has 0 aromatic heterocycles. The third-order valence-electron chi connectivity index (χ3n) is 2.43. The summed E-state index contributed by atoms with van der Waals surface area (Å²) in [5.74, 6) is 0.575. The SMILES string of the molecule is CC(C)CNCC(O)Cc1c(Cl)cccc1Cl. The van der Waals surface area contributed by atoms with Crippen molar-refractivity contribution < 1.29 is 5.11 Å². The van der Waals surface area contributed by atoms with Gasteiger partial charge in [-0.25, -0.2) is 0 Å². The zero-order valence-electron chi connectivity index (χ0n) is 10.2. The second-order valence-corrected chi connectivity index (χ2v) is 5.42. The molecule has 0 aliphatic carbocycles. The van der Waals surface area contributed by atoms with Crippen LogP contribution in [-0.4, -0.2) is 24.3 Å². The van der Waals surface area contributed by atoms with Crippen LogP contribution in [0.15, 0.2) is 18.2 Å². The van der Waals surface area contributed by atoms with Gasteiger partial charge in [0.1, 0.15) is 0 Å². The molecule has 96 valence electrons. The Labute approximate surface area is 113 Å². The molecule has 0 bridgehead atoms. The van der Waals surface area contributed by atoms with E-state index in [-0.39, 0.29) is 0 Å². The van der Waals surface area contributed by atoms with Crippen molar-refractivity contribution >= 4 is 23.2 Å². The minimum absolute atomic E-state index is 0.467. The molecular weight excluding hydrogens is 257 g/mol. The van der Waals surface area contributed by atoms with Gasteiger partial charge < -0.3 is 10.4 Å². The van der Waals surface area contributed by atoms with E-state index in [1.54, 1.807) is 18.2 Å². The van der Waals surface area contributed by atoms with Crippen molar-refractivity contribution in [2.45, 2.75) is 26.4 Å². The lowest BCUT2D eigenvalue weighted by Gasteiger charge is -2.14. The summed E-state index contributed by atoms with van der Waals surface area (Å²) in [6.45, 7) is 5.71. The maximum Gasteiger partial charge on any atom is 0.0705 e. The number of aliphatic hydroxyl groups excluding tert-OH is 1. The summed E-state index contributed by atoms with van der Waals surface area (Å²) in [7, 11) is 0. The van der Waals surface area contributed by atoms with Gasteiger partial charge in [0.2, 0.25) is 0 Å². The molecule has 1 aromatic rings. The molecule has 0 aliphatic rings. The van der Waals surface area contributed by atoms with Crippen molar-refractivity contribution in [3.8, 4) is 0 Å². The minimum atomic E-state index is -0.467. The Morgan fingerprint density at radius 3 is 2.29 bits per heavy atom. The van der Waals surface area contributed by atoms with Gasteiger partial charge in [-0.2, -0.15) is 0 Å². The number of aliphatic hydroxyl groups is 1. The molecule has 0 saturated carbocycles. The van der Waals surface area contributed by atoms with Crippen molar-refractivity contribution in [3.63, 3.8) is 0 Å². The molecule has 1 atom stereocenters. The molecule has 0 radical (unpaired) electrons. The lowest BCUT2D eigenvalue weighted by Crippen LogP contribution is -2.31. The second kappa shape index (κ2) is 7.22. The summed E-state index contributed by atoms with van der Waals surface area (Å²) < 4.78 is 0. The maximum absolute atomic E-state index is 9.88. The van der Waals surface area contributed by atoms with E-state index in [4.69, 9.17) is 23.2 Å². The van der Waals surface area contributed by atoms with Gasteiger partial charge in [0.05, 0.1) is 6.10 Å². The number of hydrogen-bond acceptors (Lipinski definition) is 2. The van der Waals surface area contributed by atoms with Crippen molar-refractivity contribution in [1.82, 2.24) is 5.32 Å². The maximum atomic E-state index is 9.88. The van der Waals surface area contributed by atoms with E-state index in [1.165, 1.54) is 0 Å². The molecule has 0 spiro atoms. The highest BCUT2D eigenvalue weighted by atomic mass is 35.5. The first kappa shape index (κ1) is 14.8. The van der Waals surface area contributed by atoms with Crippen LogP contribution in [0.2, 0.25) is 10.0 Å². The Hall–Kier alpha value is -0.280. The fourth-order valence-electron chi connectivity index (χ4n) is 1.57. The van der Waals surface area contributed by atoms with Gasteiger partial charge in [-0.3, -0.25) is 0 Å². The van der Waals surface area contributed by atoms with Gasteiger partial charge in [0, 0.05) is 23.0 Å². The van der Waals surface area contributed by atoms with Crippen LogP contribution in [0.4, 0.5) is 0 Å². The van der Waals surface area contributed by atoms with Crippen LogP contribution in [0.5, 0.6) is 0 Å². The predicted octanol–water partition coefficient (Wildman–Crippen LogP) is 3.14. The Morgan fingerprint density at radius 1 is 1.18 bits per heavy atom. The highest BCUT2D eigenvalue weighted by Gasteiger charge is 2.11. The smallest absolute Gasteiger partial charge is 0.0705 e. The predicted molar refractivity (Wildman–Crippen MR) is 73.9 cm³/mol. The summed E-state index contributed by atoms with van der Waals surface area (Å²) in [4.78, 5) is 0. The zero-order valence-corrected chi connectivity index (χ0v) is 11.7. The quantitative estimate of drug-likeness (QED) is 0.836. The molecule has 4 heteroatoms. The molecule has 2 nitrogen and oxygen atoms in total. The van der Waals surface area contributed by atoms with Gasteiger partial charge in [-0.15, -0.1) is 0 Å². The number of nitrogens with one attached hydrogen (secondary N) is 1. The fourth-order valence-corrected chi connectivity index (χ4v) is 2.13. The van der Waals surface area contributed by atoms with Crippen molar-refractivity contribution in [2.75, 3.05) is 13.1 Å². The first-order chi connectivity index (χ1) is 8.00. The van der Waals surface area contributed by atoms with Gasteiger partial charge in [-0.1, -0.05) is 43.1 Å². The van der Waals surface area contributed by atoms with Crippen LogP contribution in [0.3, 0.4) is 0 Å². The number of benzene rings is 1. The summed E-state index contributed by atoms with van der Waals surface area (Å²) >= 11 is 12.1. The molecule has 1 rings (SSSR count). The van der Waals surface area contributed by atoms with Crippen molar-refractivity contribution in [3.05, 3.63) is 33.8 Å². The average Bonchev–Trinajstić information content (AvgIpc) is 2.23. The van der Waals surface area contributed by atoms with E-state index in [1.807, 2.05) is 0 Å².